The van der Waals surface area contributed by atoms with Crippen LogP contribution in [0.15, 0.2) is 48.5 Å². The number of carbonyl (C=O) groups excluding carboxylic acids is 2. The zero-order valence-corrected chi connectivity index (χ0v) is 18.0. The fourth-order valence-corrected chi connectivity index (χ4v) is 3.87. The minimum Gasteiger partial charge on any atom is -0.382 e. The van der Waals surface area contributed by atoms with Gasteiger partial charge in [0, 0.05) is 49.9 Å². The first-order chi connectivity index (χ1) is 14.6. The number of likely N-dealkylation sites (tertiary alicyclic amines) is 1. The lowest BCUT2D eigenvalue weighted by molar-refractivity contribution is 0.0706. The van der Waals surface area contributed by atoms with Crippen molar-refractivity contribution in [3.05, 3.63) is 70.8 Å². The van der Waals surface area contributed by atoms with Gasteiger partial charge in [0.1, 0.15) is 0 Å². The molecule has 30 heavy (non-hydrogen) atoms. The molecule has 0 saturated carbocycles. The van der Waals surface area contributed by atoms with Crippen molar-refractivity contribution in [1.29, 1.82) is 0 Å². The number of rotatable bonds is 8. The number of piperidine rings is 1. The van der Waals surface area contributed by atoms with Crippen LogP contribution < -0.4 is 5.32 Å². The van der Waals surface area contributed by atoms with Gasteiger partial charge in [0.15, 0.2) is 0 Å². The fraction of sp³-hybridized carbons (Fsp3) is 0.440. The van der Waals surface area contributed by atoms with Crippen LogP contribution in [0, 0.1) is 6.92 Å². The molecule has 1 atom stereocenters. The molecule has 2 amide bonds. The highest BCUT2D eigenvalue weighted by Crippen LogP contribution is 2.28. The average Bonchev–Trinajstić information content (AvgIpc) is 2.79. The van der Waals surface area contributed by atoms with E-state index in [-0.39, 0.29) is 17.7 Å². The normalized spacial score (nSPS) is 16.3. The van der Waals surface area contributed by atoms with E-state index in [2.05, 4.69) is 11.4 Å². The number of aryl methyl sites for hydroxylation is 1. The van der Waals surface area contributed by atoms with Gasteiger partial charge in [-0.3, -0.25) is 9.59 Å². The molecule has 0 aliphatic carbocycles. The van der Waals surface area contributed by atoms with E-state index in [9.17, 15) is 9.59 Å². The summed E-state index contributed by atoms with van der Waals surface area (Å²) in [5.74, 6) is 0.276. The van der Waals surface area contributed by atoms with Gasteiger partial charge in [-0.25, -0.2) is 0 Å². The lowest BCUT2D eigenvalue weighted by Crippen LogP contribution is -2.39. The smallest absolute Gasteiger partial charge is 0.253 e. The second-order valence-corrected chi connectivity index (χ2v) is 7.89. The van der Waals surface area contributed by atoms with Crippen molar-refractivity contribution in [2.24, 2.45) is 0 Å². The first-order valence-electron chi connectivity index (χ1n) is 10.9. The summed E-state index contributed by atoms with van der Waals surface area (Å²) >= 11 is 0. The van der Waals surface area contributed by atoms with Crippen LogP contribution in [0.3, 0.4) is 0 Å². The molecule has 5 nitrogen and oxygen atoms in total. The van der Waals surface area contributed by atoms with Gasteiger partial charge in [0.2, 0.25) is 0 Å². The summed E-state index contributed by atoms with van der Waals surface area (Å²) in [7, 11) is 0. The van der Waals surface area contributed by atoms with Crippen molar-refractivity contribution < 1.29 is 14.3 Å². The molecule has 0 bridgehead atoms. The Morgan fingerprint density at radius 2 is 1.93 bits per heavy atom. The van der Waals surface area contributed by atoms with Crippen LogP contribution in [-0.2, 0) is 4.74 Å². The van der Waals surface area contributed by atoms with E-state index >= 15 is 0 Å². The van der Waals surface area contributed by atoms with Gasteiger partial charge in [-0.2, -0.15) is 0 Å². The number of ether oxygens (including phenoxy) is 1. The van der Waals surface area contributed by atoms with Crippen LogP contribution in [0.4, 0.5) is 0 Å². The van der Waals surface area contributed by atoms with Crippen LogP contribution in [-0.4, -0.2) is 49.6 Å². The Kier molecular flexibility index (Phi) is 8.03. The standard InChI is InChI=1S/C25H32N2O3/c1-3-30-16-6-14-26-24(28)22-8-4-7-21(17-22)23-9-5-15-27(18-23)25(29)20-12-10-19(2)11-13-20/h4,7-8,10-13,17,23H,3,5-6,9,14-16,18H2,1-2H3,(H,26,28)/t23-/m0/s1. The highest BCUT2D eigenvalue weighted by molar-refractivity contribution is 5.95. The molecule has 2 aromatic rings. The third kappa shape index (κ3) is 5.92. The highest BCUT2D eigenvalue weighted by Gasteiger charge is 2.26. The molecule has 0 unspecified atom stereocenters. The molecule has 1 fully saturated rings. The van der Waals surface area contributed by atoms with E-state index in [1.165, 1.54) is 0 Å². The first kappa shape index (κ1) is 22.0. The maximum absolute atomic E-state index is 12.9. The molecule has 2 aromatic carbocycles. The zero-order chi connectivity index (χ0) is 21.3. The summed E-state index contributed by atoms with van der Waals surface area (Å²) in [4.78, 5) is 27.3. The molecular formula is C25H32N2O3. The zero-order valence-electron chi connectivity index (χ0n) is 18.0. The van der Waals surface area contributed by atoms with E-state index in [0.29, 0.717) is 31.9 Å². The predicted octanol–water partition coefficient (Wildman–Crippen LogP) is 4.17. The molecule has 1 aliphatic rings. The number of carbonyl (C=O) groups is 2. The molecule has 1 aliphatic heterocycles. The van der Waals surface area contributed by atoms with Gasteiger partial charge >= 0.3 is 0 Å². The lowest BCUT2D eigenvalue weighted by Gasteiger charge is -2.33. The van der Waals surface area contributed by atoms with Gasteiger partial charge < -0.3 is 15.0 Å². The van der Waals surface area contributed by atoms with Crippen LogP contribution in [0.25, 0.3) is 0 Å². The monoisotopic (exact) mass is 408 g/mol. The van der Waals surface area contributed by atoms with Crippen molar-refractivity contribution in [1.82, 2.24) is 10.2 Å². The predicted molar refractivity (Wildman–Crippen MR) is 119 cm³/mol. The molecule has 0 radical (unpaired) electrons. The Hall–Kier alpha value is -2.66. The summed E-state index contributed by atoms with van der Waals surface area (Å²) in [5.41, 5.74) is 3.68. The summed E-state index contributed by atoms with van der Waals surface area (Å²) in [6.07, 6.45) is 2.80. The second kappa shape index (κ2) is 10.9. The molecule has 1 saturated heterocycles. The molecule has 0 spiro atoms. The molecule has 1 N–H and O–H groups in total. The van der Waals surface area contributed by atoms with E-state index in [4.69, 9.17) is 4.74 Å². The van der Waals surface area contributed by atoms with E-state index < -0.39 is 0 Å². The third-order valence-corrected chi connectivity index (χ3v) is 5.58. The van der Waals surface area contributed by atoms with Crippen molar-refractivity contribution >= 4 is 11.8 Å². The molecule has 3 rings (SSSR count). The van der Waals surface area contributed by atoms with Gasteiger partial charge in [-0.05, 0) is 62.9 Å². The Morgan fingerprint density at radius 3 is 2.70 bits per heavy atom. The van der Waals surface area contributed by atoms with Gasteiger partial charge in [0.25, 0.3) is 11.8 Å². The largest absolute Gasteiger partial charge is 0.382 e. The molecule has 0 aromatic heterocycles. The Balaban J connectivity index is 1.61. The van der Waals surface area contributed by atoms with E-state index in [0.717, 1.165) is 42.5 Å². The molecule has 5 heteroatoms. The van der Waals surface area contributed by atoms with Gasteiger partial charge in [0.05, 0.1) is 0 Å². The number of hydrogen-bond acceptors (Lipinski definition) is 3. The van der Waals surface area contributed by atoms with Gasteiger partial charge in [-0.15, -0.1) is 0 Å². The van der Waals surface area contributed by atoms with Crippen molar-refractivity contribution in [2.45, 2.75) is 39.0 Å². The summed E-state index contributed by atoms with van der Waals surface area (Å²) < 4.78 is 5.30. The lowest BCUT2D eigenvalue weighted by atomic mass is 9.89. The second-order valence-electron chi connectivity index (χ2n) is 7.89. The number of nitrogens with zero attached hydrogens (tertiary/aromatic N) is 1. The van der Waals surface area contributed by atoms with Crippen LogP contribution in [0.5, 0.6) is 0 Å². The Morgan fingerprint density at radius 1 is 1.13 bits per heavy atom. The number of hydrogen-bond donors (Lipinski definition) is 1. The SMILES string of the molecule is CCOCCCNC(=O)c1cccc([C@H]2CCCN(C(=O)c3ccc(C)cc3)C2)c1. The quantitative estimate of drug-likeness (QED) is 0.667. The first-order valence-corrected chi connectivity index (χ1v) is 10.9. The highest BCUT2D eigenvalue weighted by atomic mass is 16.5. The third-order valence-electron chi connectivity index (χ3n) is 5.58. The maximum atomic E-state index is 12.9. The minimum absolute atomic E-state index is 0.0586. The number of amides is 2. The average molecular weight is 409 g/mol. The minimum atomic E-state index is -0.0586. The maximum Gasteiger partial charge on any atom is 0.253 e. The van der Waals surface area contributed by atoms with Crippen LogP contribution >= 0.6 is 0 Å². The summed E-state index contributed by atoms with van der Waals surface area (Å²) in [5, 5.41) is 2.96. The van der Waals surface area contributed by atoms with Crippen LogP contribution in [0.1, 0.15) is 63.9 Å². The number of benzene rings is 2. The van der Waals surface area contributed by atoms with Crippen molar-refractivity contribution in [3.8, 4) is 0 Å². The van der Waals surface area contributed by atoms with E-state index in [1.807, 2.05) is 61.2 Å². The van der Waals surface area contributed by atoms with Crippen molar-refractivity contribution in [2.75, 3.05) is 32.8 Å². The molecule has 1 heterocycles. The van der Waals surface area contributed by atoms with Crippen LogP contribution in [0.2, 0.25) is 0 Å². The summed E-state index contributed by atoms with van der Waals surface area (Å²) in [6.45, 7) is 7.41. The van der Waals surface area contributed by atoms with Gasteiger partial charge in [-0.1, -0.05) is 29.8 Å². The Bertz CT molecular complexity index is 848. The molecular weight excluding hydrogens is 376 g/mol. The molecule has 160 valence electrons. The topological polar surface area (TPSA) is 58.6 Å². The Labute approximate surface area is 179 Å². The van der Waals surface area contributed by atoms with Crippen molar-refractivity contribution in [3.63, 3.8) is 0 Å². The van der Waals surface area contributed by atoms with E-state index in [1.54, 1.807) is 0 Å². The summed E-state index contributed by atoms with van der Waals surface area (Å²) in [6, 6.07) is 15.6. The fourth-order valence-electron chi connectivity index (χ4n) is 3.87. The number of nitrogens with one attached hydrogen (secondary N) is 1.